The maximum Gasteiger partial charge on any atom is 0.410 e. The predicted octanol–water partition coefficient (Wildman–Crippen LogP) is -0.385. The van der Waals surface area contributed by atoms with Gasteiger partial charge in [0.05, 0.1) is 6.54 Å². The number of ether oxygens (including phenoxy) is 2. The number of carbonyl (C=O) groups excluding carboxylic acids is 2. The van der Waals surface area contributed by atoms with E-state index in [9.17, 15) is 9.59 Å². The third-order valence-corrected chi connectivity index (χ3v) is 0.949. The molecule has 1 aliphatic heterocycles. The second-order valence-electron chi connectivity index (χ2n) is 1.83. The number of hydrogen-bond acceptors (Lipinski definition) is 4. The maximum atomic E-state index is 10.3. The molecule has 0 aromatic heterocycles. The van der Waals surface area contributed by atoms with E-state index in [0.29, 0.717) is 0 Å². The molecular formula is C5H7NO4. The Kier molecular flexibility index (Phi) is 1.75. The third-order valence-electron chi connectivity index (χ3n) is 0.949. The summed E-state index contributed by atoms with van der Waals surface area (Å²) in [5.74, 6) is -0.457. The molecule has 1 atom stereocenters. The second-order valence-corrected chi connectivity index (χ2v) is 1.83. The highest BCUT2D eigenvalue weighted by molar-refractivity contribution is 5.70. The summed E-state index contributed by atoms with van der Waals surface area (Å²) in [5.41, 5.74) is 0. The van der Waals surface area contributed by atoms with Gasteiger partial charge in [0.15, 0.2) is 0 Å². The smallest absolute Gasteiger partial charge is 0.410 e. The van der Waals surface area contributed by atoms with Crippen molar-refractivity contribution in [3.05, 3.63) is 0 Å². The summed E-state index contributed by atoms with van der Waals surface area (Å²) in [6, 6.07) is 0. The maximum absolute atomic E-state index is 10.3. The number of amides is 1. The van der Waals surface area contributed by atoms with Crippen LogP contribution in [0.2, 0.25) is 0 Å². The second kappa shape index (κ2) is 2.55. The van der Waals surface area contributed by atoms with Crippen LogP contribution in [0.15, 0.2) is 0 Å². The first kappa shape index (κ1) is 6.85. The predicted molar refractivity (Wildman–Crippen MR) is 30.0 cm³/mol. The van der Waals surface area contributed by atoms with Gasteiger partial charge in [-0.25, -0.2) is 4.79 Å². The molecule has 1 saturated heterocycles. The highest BCUT2D eigenvalue weighted by atomic mass is 16.7. The van der Waals surface area contributed by atoms with Gasteiger partial charge in [0.1, 0.15) is 0 Å². The van der Waals surface area contributed by atoms with Crippen LogP contribution in [0.3, 0.4) is 0 Å². The van der Waals surface area contributed by atoms with Crippen LogP contribution in [0.25, 0.3) is 0 Å². The molecule has 0 saturated carbocycles. The molecule has 1 unspecified atom stereocenters. The average Bonchev–Trinajstić information content (AvgIpc) is 2.13. The monoisotopic (exact) mass is 145 g/mol. The van der Waals surface area contributed by atoms with E-state index in [4.69, 9.17) is 0 Å². The first-order valence-electron chi connectivity index (χ1n) is 2.80. The minimum Gasteiger partial charge on any atom is -0.423 e. The zero-order valence-corrected chi connectivity index (χ0v) is 5.42. The molecule has 0 bridgehead atoms. The molecule has 10 heavy (non-hydrogen) atoms. The largest absolute Gasteiger partial charge is 0.423 e. The number of nitrogens with one attached hydrogen (secondary N) is 1. The van der Waals surface area contributed by atoms with E-state index in [1.165, 1.54) is 6.92 Å². The molecule has 1 rings (SSSR count). The van der Waals surface area contributed by atoms with E-state index >= 15 is 0 Å². The van der Waals surface area contributed by atoms with Crippen molar-refractivity contribution in [1.29, 1.82) is 0 Å². The van der Waals surface area contributed by atoms with Crippen molar-refractivity contribution in [3.8, 4) is 0 Å². The van der Waals surface area contributed by atoms with Crippen molar-refractivity contribution in [2.45, 2.75) is 13.2 Å². The summed E-state index contributed by atoms with van der Waals surface area (Å²) in [7, 11) is 0. The Morgan fingerprint density at radius 3 is 3.00 bits per heavy atom. The fraction of sp³-hybridized carbons (Fsp3) is 0.600. The Balaban J connectivity index is 2.31. The molecule has 0 aliphatic carbocycles. The van der Waals surface area contributed by atoms with Gasteiger partial charge in [-0.3, -0.25) is 4.79 Å². The normalized spacial score (nSPS) is 23.3. The van der Waals surface area contributed by atoms with Crippen LogP contribution in [0, 0.1) is 0 Å². The fourth-order valence-electron chi connectivity index (χ4n) is 0.620. The van der Waals surface area contributed by atoms with Gasteiger partial charge in [-0.05, 0) is 0 Å². The molecule has 5 heteroatoms. The summed E-state index contributed by atoms with van der Waals surface area (Å²) in [6.45, 7) is 1.49. The lowest BCUT2D eigenvalue weighted by atomic mass is 10.6. The third kappa shape index (κ3) is 1.61. The van der Waals surface area contributed by atoms with E-state index in [1.54, 1.807) is 0 Å². The summed E-state index contributed by atoms with van der Waals surface area (Å²) in [5, 5.41) is 2.34. The standard InChI is InChI=1S/C5H7NO4/c1-3(7)9-4-2-6-5(8)10-4/h4H,2H2,1H3,(H,6,8). The average molecular weight is 145 g/mol. The van der Waals surface area contributed by atoms with E-state index in [-0.39, 0.29) is 6.54 Å². The molecule has 5 nitrogen and oxygen atoms in total. The minimum atomic E-state index is -0.745. The molecule has 0 aromatic carbocycles. The Bertz CT molecular complexity index is 167. The molecule has 0 spiro atoms. The zero-order valence-electron chi connectivity index (χ0n) is 5.42. The van der Waals surface area contributed by atoms with Crippen molar-refractivity contribution in [1.82, 2.24) is 5.32 Å². The van der Waals surface area contributed by atoms with Crippen LogP contribution in [-0.2, 0) is 14.3 Å². The Morgan fingerprint density at radius 1 is 1.90 bits per heavy atom. The lowest BCUT2D eigenvalue weighted by Gasteiger charge is -2.05. The van der Waals surface area contributed by atoms with E-state index < -0.39 is 18.4 Å². The number of hydrogen-bond donors (Lipinski definition) is 1. The van der Waals surface area contributed by atoms with Crippen molar-refractivity contribution in [3.63, 3.8) is 0 Å². The van der Waals surface area contributed by atoms with Gasteiger partial charge in [0.25, 0.3) is 6.29 Å². The molecule has 1 fully saturated rings. The lowest BCUT2D eigenvalue weighted by molar-refractivity contribution is -0.159. The van der Waals surface area contributed by atoms with Gasteiger partial charge in [-0.15, -0.1) is 0 Å². The number of carbonyl (C=O) groups is 2. The number of alkyl carbamates (subject to hydrolysis) is 1. The van der Waals surface area contributed by atoms with Crippen molar-refractivity contribution < 1.29 is 19.1 Å². The van der Waals surface area contributed by atoms with Crippen molar-refractivity contribution >= 4 is 12.1 Å². The number of cyclic esters (lactones) is 1. The minimum absolute atomic E-state index is 0.235. The Labute approximate surface area is 57.3 Å². The molecular weight excluding hydrogens is 138 g/mol. The fourth-order valence-corrected chi connectivity index (χ4v) is 0.620. The summed E-state index contributed by atoms with van der Waals surface area (Å²) >= 11 is 0. The van der Waals surface area contributed by atoms with Gasteiger partial charge < -0.3 is 14.8 Å². The van der Waals surface area contributed by atoms with Crippen LogP contribution in [-0.4, -0.2) is 24.9 Å². The Morgan fingerprint density at radius 2 is 2.60 bits per heavy atom. The molecule has 1 heterocycles. The number of rotatable bonds is 1. The SMILES string of the molecule is CC(=O)OC1CNC(=O)O1. The lowest BCUT2D eigenvalue weighted by Crippen LogP contribution is -2.19. The zero-order chi connectivity index (χ0) is 7.56. The van der Waals surface area contributed by atoms with Crippen LogP contribution in [0.5, 0.6) is 0 Å². The van der Waals surface area contributed by atoms with E-state index in [0.717, 1.165) is 0 Å². The molecule has 1 aliphatic rings. The Hall–Kier alpha value is -1.26. The molecule has 0 aromatic rings. The molecule has 1 amide bonds. The molecule has 56 valence electrons. The molecule has 0 radical (unpaired) electrons. The van der Waals surface area contributed by atoms with Crippen LogP contribution < -0.4 is 5.32 Å². The first-order valence-corrected chi connectivity index (χ1v) is 2.80. The van der Waals surface area contributed by atoms with Gasteiger partial charge >= 0.3 is 12.1 Å². The van der Waals surface area contributed by atoms with Crippen LogP contribution in [0.1, 0.15) is 6.92 Å². The summed E-state index contributed by atoms with van der Waals surface area (Å²) in [6.07, 6.45) is -1.30. The van der Waals surface area contributed by atoms with E-state index in [2.05, 4.69) is 14.8 Å². The van der Waals surface area contributed by atoms with Gasteiger partial charge in [0.2, 0.25) is 0 Å². The number of esters is 1. The van der Waals surface area contributed by atoms with Crippen LogP contribution in [0.4, 0.5) is 4.79 Å². The molecule has 1 N–H and O–H groups in total. The highest BCUT2D eigenvalue weighted by Gasteiger charge is 2.24. The van der Waals surface area contributed by atoms with Crippen molar-refractivity contribution in [2.24, 2.45) is 0 Å². The topological polar surface area (TPSA) is 64.6 Å². The summed E-state index contributed by atoms with van der Waals surface area (Å²) < 4.78 is 9.02. The van der Waals surface area contributed by atoms with Crippen LogP contribution >= 0.6 is 0 Å². The van der Waals surface area contributed by atoms with Crippen molar-refractivity contribution in [2.75, 3.05) is 6.54 Å². The first-order chi connectivity index (χ1) is 4.68. The highest BCUT2D eigenvalue weighted by Crippen LogP contribution is 2.00. The van der Waals surface area contributed by atoms with Gasteiger partial charge in [-0.1, -0.05) is 0 Å². The van der Waals surface area contributed by atoms with E-state index in [1.807, 2.05) is 0 Å². The van der Waals surface area contributed by atoms with Gasteiger partial charge in [-0.2, -0.15) is 0 Å². The summed E-state index contributed by atoms with van der Waals surface area (Å²) in [4.78, 5) is 20.6. The quantitative estimate of drug-likeness (QED) is 0.510. The van der Waals surface area contributed by atoms with Gasteiger partial charge in [0, 0.05) is 6.92 Å².